The lowest BCUT2D eigenvalue weighted by Crippen LogP contribution is -2.06. The molecule has 0 aliphatic rings. The normalized spacial score (nSPS) is 9.64. The number of methoxy groups -OCH3 is 1. The zero-order chi connectivity index (χ0) is 10.7. The largest absolute Gasteiger partial charge is 0.465 e. The van der Waals surface area contributed by atoms with Crippen LogP contribution in [0.15, 0.2) is 12.1 Å². The second-order valence-electron chi connectivity index (χ2n) is 3.08. The summed E-state index contributed by atoms with van der Waals surface area (Å²) in [6, 6.07) is 3.41. The maximum Gasteiger partial charge on any atom is 0.338 e. The van der Waals surface area contributed by atoms with Crippen LogP contribution in [0.1, 0.15) is 31.8 Å². The van der Waals surface area contributed by atoms with Gasteiger partial charge in [0.15, 0.2) is 6.29 Å². The summed E-state index contributed by atoms with van der Waals surface area (Å²) in [7, 11) is 1.32. The van der Waals surface area contributed by atoms with E-state index in [1.54, 1.807) is 19.1 Å². The van der Waals surface area contributed by atoms with Gasteiger partial charge in [0.25, 0.3) is 0 Å². The summed E-state index contributed by atoms with van der Waals surface area (Å²) in [6.07, 6.45) is 0.761. The average molecular weight is 192 g/mol. The smallest absolute Gasteiger partial charge is 0.338 e. The molecule has 0 aliphatic heterocycles. The van der Waals surface area contributed by atoms with Crippen molar-refractivity contribution in [2.24, 2.45) is 0 Å². The monoisotopic (exact) mass is 192 g/mol. The molecule has 0 aliphatic carbocycles. The van der Waals surface area contributed by atoms with E-state index in [-0.39, 0.29) is 0 Å². The molecule has 0 N–H and O–H groups in total. The van der Waals surface area contributed by atoms with Crippen LogP contribution in [0.25, 0.3) is 0 Å². The standard InChI is InChI=1S/C11H12O3/c1-7-4-5-9(11(13)14-3)8(2)10(7)6-12/h4-6H,1-3H3. The molecular weight excluding hydrogens is 180 g/mol. The van der Waals surface area contributed by atoms with Crippen molar-refractivity contribution in [3.05, 3.63) is 34.4 Å². The number of hydrogen-bond acceptors (Lipinski definition) is 3. The molecule has 0 spiro atoms. The maximum absolute atomic E-state index is 11.3. The molecule has 3 heteroatoms. The summed E-state index contributed by atoms with van der Waals surface area (Å²) in [4.78, 5) is 22.0. The highest BCUT2D eigenvalue weighted by molar-refractivity contribution is 5.94. The minimum Gasteiger partial charge on any atom is -0.465 e. The van der Waals surface area contributed by atoms with E-state index in [4.69, 9.17) is 0 Å². The number of ether oxygens (including phenoxy) is 1. The lowest BCUT2D eigenvalue weighted by molar-refractivity contribution is 0.0600. The van der Waals surface area contributed by atoms with Crippen molar-refractivity contribution in [2.75, 3.05) is 7.11 Å². The first-order chi connectivity index (χ1) is 6.61. The third kappa shape index (κ3) is 1.66. The third-order valence-corrected chi connectivity index (χ3v) is 2.26. The number of rotatable bonds is 2. The van der Waals surface area contributed by atoms with Crippen LogP contribution >= 0.6 is 0 Å². The molecule has 1 aromatic carbocycles. The summed E-state index contributed by atoms with van der Waals surface area (Å²) < 4.78 is 4.60. The molecule has 0 unspecified atom stereocenters. The van der Waals surface area contributed by atoms with Gasteiger partial charge in [-0.25, -0.2) is 4.79 Å². The molecule has 0 bridgehead atoms. The van der Waals surface area contributed by atoms with Crippen LogP contribution in [0.2, 0.25) is 0 Å². The van der Waals surface area contributed by atoms with Gasteiger partial charge in [-0.3, -0.25) is 4.79 Å². The second kappa shape index (κ2) is 4.05. The lowest BCUT2D eigenvalue weighted by atomic mass is 9.99. The van der Waals surface area contributed by atoms with E-state index in [0.29, 0.717) is 16.7 Å². The van der Waals surface area contributed by atoms with Crippen molar-refractivity contribution < 1.29 is 14.3 Å². The molecule has 0 atom stereocenters. The van der Waals surface area contributed by atoms with Gasteiger partial charge in [-0.2, -0.15) is 0 Å². The van der Waals surface area contributed by atoms with E-state index in [1.165, 1.54) is 7.11 Å². The van der Waals surface area contributed by atoms with Crippen molar-refractivity contribution in [3.8, 4) is 0 Å². The minimum atomic E-state index is -0.411. The predicted octanol–water partition coefficient (Wildman–Crippen LogP) is 1.90. The Hall–Kier alpha value is -1.64. The number of esters is 1. The van der Waals surface area contributed by atoms with Gasteiger partial charge in [-0.15, -0.1) is 0 Å². The Morgan fingerprint density at radius 2 is 2.00 bits per heavy atom. The van der Waals surface area contributed by atoms with Crippen LogP contribution in [0.4, 0.5) is 0 Å². The molecule has 3 nitrogen and oxygen atoms in total. The fourth-order valence-corrected chi connectivity index (χ4v) is 1.38. The van der Waals surface area contributed by atoms with Crippen LogP contribution in [0, 0.1) is 13.8 Å². The van der Waals surface area contributed by atoms with Gasteiger partial charge < -0.3 is 4.74 Å². The first kappa shape index (κ1) is 10.4. The quantitative estimate of drug-likeness (QED) is 0.531. The molecule has 0 saturated heterocycles. The van der Waals surface area contributed by atoms with Crippen LogP contribution in [0.5, 0.6) is 0 Å². The highest BCUT2D eigenvalue weighted by atomic mass is 16.5. The molecule has 0 fully saturated rings. The second-order valence-corrected chi connectivity index (χ2v) is 3.08. The highest BCUT2D eigenvalue weighted by Crippen LogP contribution is 2.17. The van der Waals surface area contributed by atoms with Gasteiger partial charge in [0, 0.05) is 5.56 Å². The molecule has 0 heterocycles. The van der Waals surface area contributed by atoms with Crippen molar-refractivity contribution in [1.82, 2.24) is 0 Å². The van der Waals surface area contributed by atoms with Gasteiger partial charge in [-0.05, 0) is 31.0 Å². The molecule has 0 aromatic heterocycles. The summed E-state index contributed by atoms with van der Waals surface area (Å²) >= 11 is 0. The zero-order valence-electron chi connectivity index (χ0n) is 8.46. The first-order valence-electron chi connectivity index (χ1n) is 4.25. The fourth-order valence-electron chi connectivity index (χ4n) is 1.38. The van der Waals surface area contributed by atoms with E-state index in [1.807, 2.05) is 6.92 Å². The number of aryl methyl sites for hydroxylation is 1. The van der Waals surface area contributed by atoms with Gasteiger partial charge in [0.05, 0.1) is 12.7 Å². The van der Waals surface area contributed by atoms with Gasteiger partial charge in [0.1, 0.15) is 0 Å². The molecule has 74 valence electrons. The summed E-state index contributed by atoms with van der Waals surface area (Å²) in [5, 5.41) is 0. The van der Waals surface area contributed by atoms with Crippen molar-refractivity contribution in [2.45, 2.75) is 13.8 Å². The predicted molar refractivity (Wildman–Crippen MR) is 52.6 cm³/mol. The molecule has 0 saturated carbocycles. The summed E-state index contributed by atoms with van der Waals surface area (Å²) in [6.45, 7) is 3.57. The van der Waals surface area contributed by atoms with Crippen LogP contribution in [0.3, 0.4) is 0 Å². The van der Waals surface area contributed by atoms with Gasteiger partial charge in [0.2, 0.25) is 0 Å². The van der Waals surface area contributed by atoms with E-state index in [2.05, 4.69) is 4.74 Å². The fraction of sp³-hybridized carbons (Fsp3) is 0.273. The van der Waals surface area contributed by atoms with Crippen molar-refractivity contribution >= 4 is 12.3 Å². The Kier molecular flexibility index (Phi) is 3.02. The Balaban J connectivity index is 3.35. The molecule has 1 rings (SSSR count). The molecular formula is C11H12O3. The van der Waals surface area contributed by atoms with E-state index in [9.17, 15) is 9.59 Å². The van der Waals surface area contributed by atoms with Gasteiger partial charge in [-0.1, -0.05) is 6.07 Å². The minimum absolute atomic E-state index is 0.411. The van der Waals surface area contributed by atoms with Crippen LogP contribution in [-0.4, -0.2) is 19.4 Å². The Labute approximate surface area is 82.7 Å². The van der Waals surface area contributed by atoms with Gasteiger partial charge >= 0.3 is 5.97 Å². The number of carbonyl (C=O) groups excluding carboxylic acids is 2. The molecule has 14 heavy (non-hydrogen) atoms. The molecule has 1 aromatic rings. The van der Waals surface area contributed by atoms with E-state index >= 15 is 0 Å². The van der Waals surface area contributed by atoms with Crippen molar-refractivity contribution in [1.29, 1.82) is 0 Å². The SMILES string of the molecule is COC(=O)c1ccc(C)c(C=O)c1C. The number of aldehydes is 1. The maximum atomic E-state index is 11.3. The Bertz CT molecular complexity index is 380. The third-order valence-electron chi connectivity index (χ3n) is 2.26. The lowest BCUT2D eigenvalue weighted by Gasteiger charge is -2.07. The molecule has 0 radical (unpaired) electrons. The van der Waals surface area contributed by atoms with Crippen LogP contribution in [-0.2, 0) is 4.74 Å². The summed E-state index contributed by atoms with van der Waals surface area (Å²) in [5.74, 6) is -0.411. The van der Waals surface area contributed by atoms with Crippen molar-refractivity contribution in [3.63, 3.8) is 0 Å². The first-order valence-corrected chi connectivity index (χ1v) is 4.25. The zero-order valence-corrected chi connectivity index (χ0v) is 8.46. The van der Waals surface area contributed by atoms with Crippen LogP contribution < -0.4 is 0 Å². The summed E-state index contributed by atoms with van der Waals surface area (Å²) in [5.41, 5.74) is 2.55. The van der Waals surface area contributed by atoms with E-state index in [0.717, 1.165) is 11.8 Å². The number of hydrogen-bond donors (Lipinski definition) is 0. The highest BCUT2D eigenvalue weighted by Gasteiger charge is 2.12. The topological polar surface area (TPSA) is 43.4 Å². The average Bonchev–Trinajstić information content (AvgIpc) is 2.18. The number of benzene rings is 1. The Morgan fingerprint density at radius 1 is 1.36 bits per heavy atom. The Morgan fingerprint density at radius 3 is 2.50 bits per heavy atom. The number of carbonyl (C=O) groups is 2. The van der Waals surface area contributed by atoms with E-state index < -0.39 is 5.97 Å². The molecule has 0 amide bonds.